The van der Waals surface area contributed by atoms with E-state index in [-0.39, 0.29) is 0 Å². The van der Waals surface area contributed by atoms with Crippen molar-refractivity contribution < 1.29 is 4.42 Å². The van der Waals surface area contributed by atoms with Crippen molar-refractivity contribution in [3.63, 3.8) is 0 Å². The lowest BCUT2D eigenvalue weighted by Crippen LogP contribution is -2.17. The first-order valence-corrected chi connectivity index (χ1v) is 8.71. The lowest BCUT2D eigenvalue weighted by atomic mass is 9.93. The van der Waals surface area contributed by atoms with Gasteiger partial charge in [0, 0.05) is 12.5 Å². The zero-order valence-corrected chi connectivity index (χ0v) is 14.4. The second kappa shape index (κ2) is 10.1. The molecule has 1 aromatic carbocycles. The second-order valence-corrected chi connectivity index (χ2v) is 6.49. The first-order chi connectivity index (χ1) is 11.3. The molecule has 0 amide bonds. The van der Waals surface area contributed by atoms with Gasteiger partial charge in [0.1, 0.15) is 5.76 Å². The number of rotatable bonds is 10. The molecule has 124 valence electrons. The van der Waals surface area contributed by atoms with Crippen molar-refractivity contribution in [2.24, 2.45) is 5.92 Å². The van der Waals surface area contributed by atoms with Gasteiger partial charge in [0.05, 0.1) is 6.26 Å². The van der Waals surface area contributed by atoms with E-state index in [1.165, 1.54) is 18.4 Å². The van der Waals surface area contributed by atoms with Gasteiger partial charge in [-0.2, -0.15) is 0 Å². The minimum atomic E-state index is 0.526. The quantitative estimate of drug-likeness (QED) is 0.587. The van der Waals surface area contributed by atoms with Gasteiger partial charge in [-0.25, -0.2) is 0 Å². The molecule has 1 heterocycles. The van der Waals surface area contributed by atoms with Gasteiger partial charge in [-0.3, -0.25) is 0 Å². The molecule has 0 aliphatic rings. The summed E-state index contributed by atoms with van der Waals surface area (Å²) >= 11 is 0. The van der Waals surface area contributed by atoms with E-state index in [2.05, 4.69) is 61.6 Å². The molecule has 2 nitrogen and oxygen atoms in total. The Hall–Kier alpha value is -1.80. The fourth-order valence-corrected chi connectivity index (χ4v) is 2.71. The highest BCUT2D eigenvalue weighted by Crippen LogP contribution is 2.26. The summed E-state index contributed by atoms with van der Waals surface area (Å²) in [5, 5.41) is 3.51. The van der Waals surface area contributed by atoms with Crippen molar-refractivity contribution in [1.82, 2.24) is 5.32 Å². The molecule has 1 aromatic heterocycles. The smallest absolute Gasteiger partial charge is 0.106 e. The fourth-order valence-electron chi connectivity index (χ4n) is 2.71. The maximum atomic E-state index is 5.62. The average molecular weight is 311 g/mol. The highest BCUT2D eigenvalue weighted by atomic mass is 16.3. The minimum absolute atomic E-state index is 0.526. The summed E-state index contributed by atoms with van der Waals surface area (Å²) in [6.07, 6.45) is 9.71. The van der Waals surface area contributed by atoms with Crippen molar-refractivity contribution in [3.05, 3.63) is 66.1 Å². The summed E-state index contributed by atoms with van der Waals surface area (Å²) in [5.74, 6) is 2.40. The summed E-state index contributed by atoms with van der Waals surface area (Å²) < 4.78 is 5.62. The molecule has 0 spiro atoms. The van der Waals surface area contributed by atoms with E-state index >= 15 is 0 Å². The van der Waals surface area contributed by atoms with Gasteiger partial charge in [-0.1, -0.05) is 62.8 Å². The van der Waals surface area contributed by atoms with Crippen LogP contribution in [0.25, 0.3) is 6.08 Å². The number of hydrogen-bond acceptors (Lipinski definition) is 2. The molecular weight excluding hydrogens is 282 g/mol. The third-order valence-electron chi connectivity index (χ3n) is 4.08. The Bertz CT molecular complexity index is 542. The predicted molar refractivity (Wildman–Crippen MR) is 98.5 cm³/mol. The monoisotopic (exact) mass is 311 g/mol. The summed E-state index contributed by atoms with van der Waals surface area (Å²) in [4.78, 5) is 0. The molecule has 0 fully saturated rings. The molecule has 2 heteroatoms. The van der Waals surface area contributed by atoms with Gasteiger partial charge < -0.3 is 9.73 Å². The van der Waals surface area contributed by atoms with E-state index in [1.807, 2.05) is 12.1 Å². The van der Waals surface area contributed by atoms with E-state index < -0.39 is 0 Å². The highest BCUT2D eigenvalue weighted by Gasteiger charge is 2.14. The molecule has 0 radical (unpaired) electrons. The van der Waals surface area contributed by atoms with Crippen molar-refractivity contribution in [2.45, 2.75) is 39.0 Å². The molecular formula is C21H29NO. The average Bonchev–Trinajstić information content (AvgIpc) is 3.08. The number of furan rings is 1. The summed E-state index contributed by atoms with van der Waals surface area (Å²) in [5.41, 5.74) is 1.25. The van der Waals surface area contributed by atoms with Crippen LogP contribution in [0, 0.1) is 5.92 Å². The van der Waals surface area contributed by atoms with Crippen LogP contribution in [0.3, 0.4) is 0 Å². The maximum absolute atomic E-state index is 5.62. The second-order valence-electron chi connectivity index (χ2n) is 6.49. The molecule has 0 aliphatic carbocycles. The van der Waals surface area contributed by atoms with Crippen LogP contribution in [-0.2, 0) is 0 Å². The highest BCUT2D eigenvalue weighted by molar-refractivity contribution is 5.48. The molecule has 0 saturated heterocycles. The van der Waals surface area contributed by atoms with Crippen LogP contribution in [-0.4, -0.2) is 13.1 Å². The Morgan fingerprint density at radius 1 is 1.00 bits per heavy atom. The molecule has 2 aromatic rings. The van der Waals surface area contributed by atoms with Gasteiger partial charge in [0.15, 0.2) is 0 Å². The third-order valence-corrected chi connectivity index (χ3v) is 4.08. The Balaban J connectivity index is 1.70. The Kier molecular flexibility index (Phi) is 7.68. The van der Waals surface area contributed by atoms with Crippen LogP contribution in [0.5, 0.6) is 0 Å². The van der Waals surface area contributed by atoms with Gasteiger partial charge in [0.25, 0.3) is 0 Å². The van der Waals surface area contributed by atoms with Crippen molar-refractivity contribution in [2.75, 3.05) is 13.1 Å². The first kappa shape index (κ1) is 17.6. The first-order valence-electron chi connectivity index (χ1n) is 8.71. The molecule has 1 atom stereocenters. The largest absolute Gasteiger partial charge is 0.469 e. The molecule has 0 bridgehead atoms. The van der Waals surface area contributed by atoms with E-state index in [4.69, 9.17) is 4.42 Å². The maximum Gasteiger partial charge on any atom is 0.106 e. The van der Waals surface area contributed by atoms with E-state index in [1.54, 1.807) is 6.26 Å². The third kappa shape index (κ3) is 6.87. The van der Waals surface area contributed by atoms with Crippen LogP contribution in [0.2, 0.25) is 0 Å². The summed E-state index contributed by atoms with van der Waals surface area (Å²) in [6, 6.07) is 14.5. The van der Waals surface area contributed by atoms with Crippen LogP contribution in [0.4, 0.5) is 0 Å². The summed E-state index contributed by atoms with van der Waals surface area (Å²) in [6.45, 7) is 6.49. The molecule has 0 saturated carbocycles. The number of nitrogens with one attached hydrogen (secondary N) is 1. The standard InChI is InChI=1S/C21H29NO/c1-18(2)12-13-20(21-11-7-17-23-21)14-16-22-15-6-10-19-8-4-3-5-9-19/h3-11,17-18,20,22H,12-16H2,1-2H3/b10-6+. The lowest BCUT2D eigenvalue weighted by Gasteiger charge is -2.16. The molecule has 1 N–H and O–H groups in total. The van der Waals surface area contributed by atoms with Crippen molar-refractivity contribution in [1.29, 1.82) is 0 Å². The predicted octanol–water partition coefficient (Wildman–Crippen LogP) is 5.49. The van der Waals surface area contributed by atoms with Crippen LogP contribution in [0.1, 0.15) is 50.4 Å². The van der Waals surface area contributed by atoms with Crippen molar-refractivity contribution >= 4 is 6.08 Å². The topological polar surface area (TPSA) is 25.2 Å². The van der Waals surface area contributed by atoms with E-state index in [9.17, 15) is 0 Å². The van der Waals surface area contributed by atoms with Crippen LogP contribution < -0.4 is 5.32 Å². The normalized spacial score (nSPS) is 13.0. The van der Waals surface area contributed by atoms with Gasteiger partial charge in [0.2, 0.25) is 0 Å². The Morgan fingerprint density at radius 2 is 1.83 bits per heavy atom. The van der Waals surface area contributed by atoms with E-state index in [0.29, 0.717) is 5.92 Å². The Labute approximate surface area is 140 Å². The molecule has 1 unspecified atom stereocenters. The lowest BCUT2D eigenvalue weighted by molar-refractivity contribution is 0.399. The van der Waals surface area contributed by atoms with E-state index in [0.717, 1.165) is 31.2 Å². The molecule has 0 aliphatic heterocycles. The molecule has 23 heavy (non-hydrogen) atoms. The van der Waals surface area contributed by atoms with Crippen LogP contribution >= 0.6 is 0 Å². The number of hydrogen-bond donors (Lipinski definition) is 1. The minimum Gasteiger partial charge on any atom is -0.469 e. The molecule has 2 rings (SSSR count). The van der Waals surface area contributed by atoms with Gasteiger partial charge in [-0.05, 0) is 43.0 Å². The Morgan fingerprint density at radius 3 is 2.52 bits per heavy atom. The number of benzene rings is 1. The zero-order valence-electron chi connectivity index (χ0n) is 14.4. The van der Waals surface area contributed by atoms with Crippen LogP contribution in [0.15, 0.2) is 59.2 Å². The van der Waals surface area contributed by atoms with Gasteiger partial charge >= 0.3 is 0 Å². The fraction of sp³-hybridized carbons (Fsp3) is 0.429. The summed E-state index contributed by atoms with van der Waals surface area (Å²) in [7, 11) is 0. The zero-order chi connectivity index (χ0) is 16.3. The van der Waals surface area contributed by atoms with Crippen molar-refractivity contribution in [3.8, 4) is 0 Å². The van der Waals surface area contributed by atoms with Gasteiger partial charge in [-0.15, -0.1) is 0 Å². The SMILES string of the molecule is CC(C)CCC(CCNC/C=C/c1ccccc1)c1ccco1.